The number of rotatable bonds is 5. The Morgan fingerprint density at radius 3 is 2.81 bits per heavy atom. The summed E-state index contributed by atoms with van der Waals surface area (Å²) in [4.78, 5) is 5.72. The monoisotopic (exact) mass is 303 g/mol. The Kier molecular flexibility index (Phi) is 3.82. The molecule has 0 aliphatic carbocycles. The molecule has 112 valence electrons. The second-order valence-corrected chi connectivity index (χ2v) is 6.52. The molecule has 3 aromatic rings. The Hall–Kier alpha value is -1.66. The van der Waals surface area contributed by atoms with Crippen molar-refractivity contribution in [1.29, 1.82) is 0 Å². The number of fused-ring (bicyclic) bond motifs is 1. The molecule has 2 N–H and O–H groups in total. The average Bonchev–Trinajstić information content (AvgIpc) is 3.14. The Morgan fingerprint density at radius 1 is 1.33 bits per heavy atom. The molecular weight excluding hydrogens is 282 g/mol. The zero-order chi connectivity index (χ0) is 15.0. The number of nitrogens with zero attached hydrogens (tertiary/aromatic N) is 4. The minimum Gasteiger partial charge on any atom is -0.327 e. The fraction of sp³-hybridized carbons (Fsp3) is 0.467. The maximum absolute atomic E-state index is 6.16. The summed E-state index contributed by atoms with van der Waals surface area (Å²) < 4.78 is 4.01. The number of imidazole rings is 1. The first-order chi connectivity index (χ1) is 10.1. The first kappa shape index (κ1) is 14.3. The molecule has 0 fully saturated rings. The van der Waals surface area contributed by atoms with E-state index in [2.05, 4.69) is 47.9 Å². The molecule has 0 saturated heterocycles. The van der Waals surface area contributed by atoms with Crippen molar-refractivity contribution in [2.75, 3.05) is 0 Å². The molecule has 0 aromatic carbocycles. The quantitative estimate of drug-likeness (QED) is 0.788. The molecule has 3 rings (SSSR count). The topological polar surface area (TPSA) is 61.1 Å². The van der Waals surface area contributed by atoms with Crippen LogP contribution >= 0.6 is 11.3 Å². The van der Waals surface area contributed by atoms with Crippen molar-refractivity contribution in [1.82, 2.24) is 19.2 Å². The molecule has 0 saturated carbocycles. The Balaban J connectivity index is 2.07. The lowest BCUT2D eigenvalue weighted by atomic mass is 10.1. The van der Waals surface area contributed by atoms with Gasteiger partial charge in [-0.3, -0.25) is 4.40 Å². The number of aromatic nitrogens is 4. The van der Waals surface area contributed by atoms with Crippen LogP contribution < -0.4 is 5.73 Å². The van der Waals surface area contributed by atoms with Crippen molar-refractivity contribution < 1.29 is 0 Å². The molecule has 0 bridgehead atoms. The zero-order valence-corrected chi connectivity index (χ0v) is 13.5. The minimum atomic E-state index is 0.142. The Morgan fingerprint density at radius 2 is 2.14 bits per heavy atom. The van der Waals surface area contributed by atoms with Gasteiger partial charge < -0.3 is 5.73 Å². The van der Waals surface area contributed by atoms with Gasteiger partial charge in [0.05, 0.1) is 11.4 Å². The van der Waals surface area contributed by atoms with Crippen molar-refractivity contribution in [2.24, 2.45) is 5.73 Å². The summed E-state index contributed by atoms with van der Waals surface area (Å²) in [6, 6.07) is 2.20. The van der Waals surface area contributed by atoms with Gasteiger partial charge in [0.15, 0.2) is 10.8 Å². The van der Waals surface area contributed by atoms with Gasteiger partial charge in [-0.05, 0) is 18.4 Å². The maximum Gasteiger partial charge on any atom is 0.195 e. The summed E-state index contributed by atoms with van der Waals surface area (Å²) in [5.41, 5.74) is 8.38. The van der Waals surface area contributed by atoms with Crippen LogP contribution in [0.1, 0.15) is 44.5 Å². The number of hydrogen-bond acceptors (Lipinski definition) is 4. The van der Waals surface area contributed by atoms with Gasteiger partial charge in [-0.2, -0.15) is 10.1 Å². The third-order valence-electron chi connectivity index (χ3n) is 3.74. The first-order valence-corrected chi connectivity index (χ1v) is 8.24. The molecule has 0 aliphatic heterocycles. The van der Waals surface area contributed by atoms with E-state index >= 15 is 0 Å². The van der Waals surface area contributed by atoms with Crippen LogP contribution in [0.25, 0.3) is 10.8 Å². The average molecular weight is 303 g/mol. The van der Waals surface area contributed by atoms with Gasteiger partial charge in [-0.15, -0.1) is 11.3 Å². The Labute approximate surface area is 128 Å². The third-order valence-corrected chi connectivity index (χ3v) is 4.49. The van der Waals surface area contributed by atoms with E-state index in [9.17, 15) is 0 Å². The maximum atomic E-state index is 6.16. The molecule has 3 aromatic heterocycles. The van der Waals surface area contributed by atoms with Crippen molar-refractivity contribution in [3.63, 3.8) is 0 Å². The van der Waals surface area contributed by atoms with Crippen LogP contribution in [-0.2, 0) is 6.42 Å². The molecule has 6 heteroatoms. The zero-order valence-electron chi connectivity index (χ0n) is 12.7. The van der Waals surface area contributed by atoms with Crippen molar-refractivity contribution in [3.8, 4) is 5.82 Å². The molecule has 1 unspecified atom stereocenters. The van der Waals surface area contributed by atoms with E-state index in [1.165, 1.54) is 0 Å². The van der Waals surface area contributed by atoms with Gasteiger partial charge in [0.2, 0.25) is 0 Å². The minimum absolute atomic E-state index is 0.142. The van der Waals surface area contributed by atoms with Crippen LogP contribution in [0.3, 0.4) is 0 Å². The standard InChI is InChI=1S/C15H21N5S/c1-4-11(16)9-13-14(17-15-19(13)7-8-21-15)20-6-5-12(18-20)10(2)3/h5-8,10-11H,4,9,16H2,1-3H3. The molecule has 0 aliphatic rings. The van der Waals surface area contributed by atoms with Gasteiger partial charge in [-0.1, -0.05) is 20.8 Å². The highest BCUT2D eigenvalue weighted by atomic mass is 32.1. The van der Waals surface area contributed by atoms with E-state index in [1.807, 2.05) is 10.9 Å². The lowest BCUT2D eigenvalue weighted by molar-refractivity contribution is 0.628. The predicted octanol–water partition coefficient (Wildman–Crippen LogP) is 2.98. The van der Waals surface area contributed by atoms with Gasteiger partial charge in [0.1, 0.15) is 0 Å². The molecular formula is C15H21N5S. The van der Waals surface area contributed by atoms with Crippen LogP contribution in [-0.4, -0.2) is 25.2 Å². The normalized spacial score (nSPS) is 13.4. The SMILES string of the molecule is CCC(N)Cc1c(-n2ccc(C(C)C)n2)nc2sccn12. The van der Waals surface area contributed by atoms with E-state index in [1.54, 1.807) is 11.3 Å². The molecule has 5 nitrogen and oxygen atoms in total. The number of hydrogen-bond donors (Lipinski definition) is 1. The molecule has 3 heterocycles. The summed E-state index contributed by atoms with van der Waals surface area (Å²) in [7, 11) is 0. The van der Waals surface area contributed by atoms with E-state index in [4.69, 9.17) is 10.7 Å². The largest absolute Gasteiger partial charge is 0.327 e. The lowest BCUT2D eigenvalue weighted by Gasteiger charge is -2.09. The fourth-order valence-corrected chi connectivity index (χ4v) is 3.08. The highest BCUT2D eigenvalue weighted by Crippen LogP contribution is 2.23. The van der Waals surface area contributed by atoms with Crippen LogP contribution in [0.5, 0.6) is 0 Å². The van der Waals surface area contributed by atoms with Crippen LogP contribution in [0.4, 0.5) is 0 Å². The van der Waals surface area contributed by atoms with Crippen LogP contribution in [0.15, 0.2) is 23.8 Å². The van der Waals surface area contributed by atoms with E-state index in [0.717, 1.165) is 35.0 Å². The summed E-state index contributed by atoms with van der Waals surface area (Å²) in [5, 5.41) is 6.70. The van der Waals surface area contributed by atoms with Gasteiger partial charge in [0.25, 0.3) is 0 Å². The van der Waals surface area contributed by atoms with Gasteiger partial charge in [-0.25, -0.2) is 4.68 Å². The number of nitrogens with two attached hydrogens (primary N) is 1. The summed E-state index contributed by atoms with van der Waals surface area (Å²) in [6.07, 6.45) is 5.80. The predicted molar refractivity (Wildman–Crippen MR) is 86.3 cm³/mol. The van der Waals surface area contributed by atoms with E-state index in [0.29, 0.717) is 5.92 Å². The molecule has 0 spiro atoms. The van der Waals surface area contributed by atoms with E-state index in [-0.39, 0.29) is 6.04 Å². The molecule has 0 radical (unpaired) electrons. The van der Waals surface area contributed by atoms with E-state index < -0.39 is 0 Å². The summed E-state index contributed by atoms with van der Waals surface area (Å²) in [5.74, 6) is 1.31. The second-order valence-electron chi connectivity index (χ2n) is 5.65. The highest BCUT2D eigenvalue weighted by molar-refractivity contribution is 7.15. The Bertz CT molecular complexity index is 736. The second kappa shape index (κ2) is 5.61. The smallest absolute Gasteiger partial charge is 0.195 e. The number of thiazole rings is 1. The van der Waals surface area contributed by atoms with Crippen molar-refractivity contribution >= 4 is 16.3 Å². The highest BCUT2D eigenvalue weighted by Gasteiger charge is 2.18. The van der Waals surface area contributed by atoms with Crippen LogP contribution in [0, 0.1) is 0 Å². The molecule has 21 heavy (non-hydrogen) atoms. The van der Waals surface area contributed by atoms with Crippen LogP contribution in [0.2, 0.25) is 0 Å². The van der Waals surface area contributed by atoms with Crippen molar-refractivity contribution in [3.05, 3.63) is 35.2 Å². The first-order valence-electron chi connectivity index (χ1n) is 7.36. The third kappa shape index (κ3) is 2.61. The lowest BCUT2D eigenvalue weighted by Crippen LogP contribution is -2.23. The molecule has 0 amide bonds. The van der Waals surface area contributed by atoms with Gasteiger partial charge >= 0.3 is 0 Å². The van der Waals surface area contributed by atoms with Gasteiger partial charge in [0, 0.05) is 30.2 Å². The summed E-state index contributed by atoms with van der Waals surface area (Å²) >= 11 is 1.63. The summed E-state index contributed by atoms with van der Waals surface area (Å²) in [6.45, 7) is 6.40. The van der Waals surface area contributed by atoms with Crippen molar-refractivity contribution in [2.45, 2.75) is 45.6 Å². The molecule has 1 atom stereocenters. The fourth-order valence-electron chi connectivity index (χ4n) is 2.35.